The number of thioether (sulfide) groups is 1. The molecule has 20 heavy (non-hydrogen) atoms. The van der Waals surface area contributed by atoms with E-state index in [1.807, 2.05) is 29.1 Å². The van der Waals surface area contributed by atoms with Gasteiger partial charge in [0.2, 0.25) is 5.91 Å². The minimum absolute atomic E-state index is 0.00858. The molecule has 1 fully saturated rings. The summed E-state index contributed by atoms with van der Waals surface area (Å²) in [6, 6.07) is 10.0. The Labute approximate surface area is 121 Å². The third-order valence-corrected chi connectivity index (χ3v) is 4.06. The number of carbonyl (C=O) groups excluding carboxylic acids is 1. The summed E-state index contributed by atoms with van der Waals surface area (Å²) in [5.74, 6) is 1.67. The summed E-state index contributed by atoms with van der Waals surface area (Å²) in [5, 5.41) is 10.3. The van der Waals surface area contributed by atoms with Crippen molar-refractivity contribution in [2.75, 3.05) is 16.9 Å². The normalized spacial score (nSPS) is 18.1. The predicted molar refractivity (Wildman–Crippen MR) is 80.6 cm³/mol. The first-order chi connectivity index (χ1) is 9.81. The van der Waals surface area contributed by atoms with Crippen LogP contribution in [0.5, 0.6) is 0 Å². The zero-order valence-electron chi connectivity index (χ0n) is 11.0. The molecule has 0 aliphatic carbocycles. The topological polar surface area (TPSA) is 59.0 Å². The number of rotatable bonds is 4. The summed E-state index contributed by atoms with van der Waals surface area (Å²) in [6.45, 7) is 0.703. The maximum absolute atomic E-state index is 12.0. The third kappa shape index (κ3) is 3.20. The number of anilines is 1. The van der Waals surface area contributed by atoms with E-state index in [2.05, 4.69) is 27.9 Å². The van der Waals surface area contributed by atoms with Crippen LogP contribution in [0.2, 0.25) is 0 Å². The van der Waals surface area contributed by atoms with Gasteiger partial charge in [0, 0.05) is 17.8 Å². The number of nitrogens with zero attached hydrogens (tertiary/aromatic N) is 2. The Morgan fingerprint density at radius 1 is 1.45 bits per heavy atom. The van der Waals surface area contributed by atoms with Crippen LogP contribution in [0.4, 0.5) is 5.69 Å². The van der Waals surface area contributed by atoms with Crippen molar-refractivity contribution in [2.24, 2.45) is 0 Å². The van der Waals surface area contributed by atoms with E-state index in [1.54, 1.807) is 18.0 Å². The van der Waals surface area contributed by atoms with Crippen molar-refractivity contribution < 1.29 is 4.79 Å². The van der Waals surface area contributed by atoms with Crippen molar-refractivity contribution in [3.05, 3.63) is 48.3 Å². The second-order valence-electron chi connectivity index (χ2n) is 4.67. The molecule has 2 N–H and O–H groups in total. The van der Waals surface area contributed by atoms with E-state index in [0.717, 1.165) is 17.3 Å². The number of hydrogen-bond donors (Lipinski definition) is 2. The molecule has 1 aromatic heterocycles. The van der Waals surface area contributed by atoms with E-state index in [1.165, 1.54) is 5.56 Å². The second kappa shape index (κ2) is 6.11. The smallest absolute Gasteiger partial charge is 0.242 e. The average molecular weight is 288 g/mol. The highest BCUT2D eigenvalue weighted by molar-refractivity contribution is 7.99. The third-order valence-electron chi connectivity index (χ3n) is 3.12. The molecule has 1 saturated heterocycles. The Hall–Kier alpha value is -1.79. The quantitative estimate of drug-likeness (QED) is 0.896. The van der Waals surface area contributed by atoms with Crippen LogP contribution in [0.3, 0.4) is 0 Å². The van der Waals surface area contributed by atoms with Gasteiger partial charge in [-0.1, -0.05) is 30.3 Å². The summed E-state index contributed by atoms with van der Waals surface area (Å²) in [4.78, 5) is 12.0. The molecule has 2 aromatic rings. The van der Waals surface area contributed by atoms with Crippen molar-refractivity contribution >= 4 is 23.4 Å². The molecule has 1 atom stereocenters. The van der Waals surface area contributed by atoms with Gasteiger partial charge in [0.1, 0.15) is 0 Å². The Kier molecular flexibility index (Phi) is 4.03. The maximum Gasteiger partial charge on any atom is 0.242 e. The summed E-state index contributed by atoms with van der Waals surface area (Å²) >= 11 is 1.74. The fraction of sp³-hybridized carbons (Fsp3) is 0.286. The minimum atomic E-state index is -0.0996. The molecular weight excluding hydrogens is 272 g/mol. The van der Waals surface area contributed by atoms with E-state index < -0.39 is 0 Å². The van der Waals surface area contributed by atoms with Crippen LogP contribution in [0.15, 0.2) is 42.7 Å². The maximum atomic E-state index is 12.0. The van der Waals surface area contributed by atoms with E-state index in [-0.39, 0.29) is 11.9 Å². The lowest BCUT2D eigenvalue weighted by Gasteiger charge is -2.08. The van der Waals surface area contributed by atoms with Gasteiger partial charge in [-0.15, -0.1) is 11.8 Å². The lowest BCUT2D eigenvalue weighted by atomic mass is 10.2. The molecule has 0 spiro atoms. The Morgan fingerprint density at radius 2 is 2.30 bits per heavy atom. The molecule has 2 heterocycles. The van der Waals surface area contributed by atoms with Gasteiger partial charge < -0.3 is 5.32 Å². The van der Waals surface area contributed by atoms with Gasteiger partial charge in [0.15, 0.2) is 0 Å². The fourth-order valence-electron chi connectivity index (χ4n) is 2.08. The number of carbonyl (C=O) groups is 1. The first kappa shape index (κ1) is 13.2. The first-order valence-corrected chi connectivity index (χ1v) is 7.65. The second-order valence-corrected chi connectivity index (χ2v) is 5.70. The molecule has 1 unspecified atom stereocenters. The van der Waals surface area contributed by atoms with E-state index in [4.69, 9.17) is 0 Å². The lowest BCUT2D eigenvalue weighted by Crippen LogP contribution is -2.37. The number of hydrogen-bond acceptors (Lipinski definition) is 4. The van der Waals surface area contributed by atoms with Crippen LogP contribution < -0.4 is 10.6 Å². The molecule has 0 bridgehead atoms. The Bertz CT molecular complexity index is 578. The molecular formula is C14H16N4OS. The van der Waals surface area contributed by atoms with Gasteiger partial charge in [0.25, 0.3) is 0 Å². The molecule has 1 amide bonds. The van der Waals surface area contributed by atoms with E-state index >= 15 is 0 Å². The molecule has 1 aliphatic heterocycles. The van der Waals surface area contributed by atoms with Crippen LogP contribution in [-0.2, 0) is 11.3 Å². The van der Waals surface area contributed by atoms with Crippen LogP contribution >= 0.6 is 11.8 Å². The van der Waals surface area contributed by atoms with Gasteiger partial charge >= 0.3 is 0 Å². The standard InChI is InChI=1S/C14H16N4OS/c19-14(13-9-20-10-15-13)17-12-6-16-18(8-12)7-11-4-2-1-3-5-11/h1-6,8,13,15H,7,9-10H2,(H,17,19). The van der Waals surface area contributed by atoms with Gasteiger partial charge in [-0.2, -0.15) is 5.10 Å². The molecule has 5 nitrogen and oxygen atoms in total. The van der Waals surface area contributed by atoms with Crippen molar-refractivity contribution in [3.8, 4) is 0 Å². The number of nitrogens with one attached hydrogen (secondary N) is 2. The van der Waals surface area contributed by atoms with Gasteiger partial charge in [-0.25, -0.2) is 0 Å². The van der Waals surface area contributed by atoms with Crippen molar-refractivity contribution in [2.45, 2.75) is 12.6 Å². The monoisotopic (exact) mass is 288 g/mol. The van der Waals surface area contributed by atoms with Gasteiger partial charge in [-0.05, 0) is 5.56 Å². The van der Waals surface area contributed by atoms with Crippen LogP contribution in [0.1, 0.15) is 5.56 Å². The van der Waals surface area contributed by atoms with Crippen LogP contribution in [-0.4, -0.2) is 33.4 Å². The Balaban J connectivity index is 1.60. The molecule has 1 aliphatic rings. The Morgan fingerprint density at radius 3 is 3.05 bits per heavy atom. The number of aromatic nitrogens is 2. The van der Waals surface area contributed by atoms with E-state index in [0.29, 0.717) is 6.54 Å². The van der Waals surface area contributed by atoms with Crippen molar-refractivity contribution in [3.63, 3.8) is 0 Å². The van der Waals surface area contributed by atoms with Crippen LogP contribution in [0, 0.1) is 0 Å². The summed E-state index contributed by atoms with van der Waals surface area (Å²) < 4.78 is 1.82. The summed E-state index contributed by atoms with van der Waals surface area (Å²) in [6.07, 6.45) is 3.54. The van der Waals surface area contributed by atoms with Gasteiger partial charge in [0.05, 0.1) is 24.5 Å². The molecule has 6 heteroatoms. The van der Waals surface area contributed by atoms with E-state index in [9.17, 15) is 4.79 Å². The number of amides is 1. The SMILES string of the molecule is O=C(Nc1cnn(Cc2ccccc2)c1)C1CSCN1. The molecule has 1 aromatic carbocycles. The summed E-state index contributed by atoms with van der Waals surface area (Å²) in [7, 11) is 0. The largest absolute Gasteiger partial charge is 0.322 e. The molecule has 3 rings (SSSR count). The van der Waals surface area contributed by atoms with Crippen LogP contribution in [0.25, 0.3) is 0 Å². The lowest BCUT2D eigenvalue weighted by molar-refractivity contribution is -0.117. The predicted octanol–water partition coefficient (Wildman–Crippen LogP) is 1.53. The number of benzene rings is 1. The molecule has 104 valence electrons. The minimum Gasteiger partial charge on any atom is -0.322 e. The summed E-state index contributed by atoms with van der Waals surface area (Å²) in [5.41, 5.74) is 1.92. The molecule has 0 radical (unpaired) electrons. The highest BCUT2D eigenvalue weighted by Crippen LogP contribution is 2.13. The first-order valence-electron chi connectivity index (χ1n) is 6.49. The fourth-order valence-corrected chi connectivity index (χ4v) is 3.02. The highest BCUT2D eigenvalue weighted by atomic mass is 32.2. The zero-order valence-corrected chi connectivity index (χ0v) is 11.8. The van der Waals surface area contributed by atoms with Crippen molar-refractivity contribution in [1.82, 2.24) is 15.1 Å². The average Bonchev–Trinajstić information content (AvgIpc) is 3.11. The highest BCUT2D eigenvalue weighted by Gasteiger charge is 2.22. The zero-order chi connectivity index (χ0) is 13.8. The van der Waals surface area contributed by atoms with Crippen molar-refractivity contribution in [1.29, 1.82) is 0 Å². The molecule has 0 saturated carbocycles. The van der Waals surface area contributed by atoms with Gasteiger partial charge in [-0.3, -0.25) is 14.8 Å².